The average Bonchev–Trinajstić information content (AvgIpc) is 2.94. The molecule has 8 heteroatoms. The lowest BCUT2D eigenvalue weighted by molar-refractivity contribution is -0.108. The predicted molar refractivity (Wildman–Crippen MR) is 88.3 cm³/mol. The summed E-state index contributed by atoms with van der Waals surface area (Å²) in [5.74, 6) is 0.846. The monoisotopic (exact) mass is 319 g/mol. The van der Waals surface area contributed by atoms with Gasteiger partial charge < -0.3 is 30.9 Å². The van der Waals surface area contributed by atoms with Gasteiger partial charge in [0.2, 0.25) is 0 Å². The zero-order valence-corrected chi connectivity index (χ0v) is 13.2. The first-order valence-electron chi connectivity index (χ1n) is 6.89. The van der Waals surface area contributed by atoms with Crippen LogP contribution in [-0.2, 0) is 11.8 Å². The molecule has 1 aromatic heterocycles. The zero-order valence-electron chi connectivity index (χ0n) is 13.2. The standard InChI is InChI=1S/C10H12N2O3.C5H9N3/c11-9-6-7(15-5-1-4-13)2-3-8(9)10(12)14;1-6-5-3-8(2)4-7-5/h2-4,6H,1,5,11H2,(H2,12,14);3-4,6H,1-2H3. The molecule has 23 heavy (non-hydrogen) atoms. The molecule has 0 radical (unpaired) electrons. The second kappa shape index (κ2) is 9.08. The van der Waals surface area contributed by atoms with Crippen molar-refractivity contribution in [2.45, 2.75) is 6.42 Å². The van der Waals surface area contributed by atoms with Gasteiger partial charge in [-0.05, 0) is 12.1 Å². The van der Waals surface area contributed by atoms with Gasteiger partial charge in [-0.15, -0.1) is 0 Å². The molecule has 0 saturated heterocycles. The van der Waals surface area contributed by atoms with Crippen LogP contribution in [0.15, 0.2) is 30.7 Å². The Morgan fingerprint density at radius 3 is 2.65 bits per heavy atom. The molecule has 5 N–H and O–H groups in total. The molecule has 2 aromatic rings. The molecule has 1 aromatic carbocycles. The van der Waals surface area contributed by atoms with Crippen molar-refractivity contribution in [2.75, 3.05) is 24.7 Å². The summed E-state index contributed by atoms with van der Waals surface area (Å²) in [5, 5.41) is 2.92. The molecule has 1 heterocycles. The Kier molecular flexibility index (Phi) is 7.12. The Bertz CT molecular complexity index is 654. The molecule has 0 fully saturated rings. The predicted octanol–water partition coefficient (Wildman–Crippen LogP) is 0.797. The molecule has 0 aliphatic carbocycles. The van der Waals surface area contributed by atoms with Crippen molar-refractivity contribution in [3.8, 4) is 5.75 Å². The van der Waals surface area contributed by atoms with Gasteiger partial charge in [0, 0.05) is 38.5 Å². The number of aryl methyl sites for hydroxylation is 1. The summed E-state index contributed by atoms with van der Waals surface area (Å²) in [6.45, 7) is 0.291. The Morgan fingerprint density at radius 1 is 1.48 bits per heavy atom. The van der Waals surface area contributed by atoms with E-state index in [0.29, 0.717) is 18.8 Å². The van der Waals surface area contributed by atoms with E-state index in [-0.39, 0.29) is 11.3 Å². The quantitative estimate of drug-likeness (QED) is 0.411. The van der Waals surface area contributed by atoms with Gasteiger partial charge in [0.25, 0.3) is 5.91 Å². The maximum Gasteiger partial charge on any atom is 0.250 e. The zero-order chi connectivity index (χ0) is 17.2. The molecule has 124 valence electrons. The minimum absolute atomic E-state index is 0.262. The lowest BCUT2D eigenvalue weighted by Crippen LogP contribution is -2.13. The number of carbonyl (C=O) groups is 2. The van der Waals surface area contributed by atoms with E-state index in [4.69, 9.17) is 16.2 Å². The van der Waals surface area contributed by atoms with E-state index in [0.717, 1.165) is 12.1 Å². The van der Waals surface area contributed by atoms with Gasteiger partial charge in [0.05, 0.1) is 18.5 Å². The minimum Gasteiger partial charge on any atom is -0.493 e. The number of rotatable bonds is 6. The summed E-state index contributed by atoms with van der Waals surface area (Å²) in [6, 6.07) is 4.58. The van der Waals surface area contributed by atoms with Crippen LogP contribution in [0.1, 0.15) is 16.8 Å². The van der Waals surface area contributed by atoms with Crippen molar-refractivity contribution in [3.63, 3.8) is 0 Å². The van der Waals surface area contributed by atoms with Gasteiger partial charge in [0.15, 0.2) is 0 Å². The number of nitrogens with zero attached hydrogens (tertiary/aromatic N) is 2. The van der Waals surface area contributed by atoms with Crippen LogP contribution in [0.5, 0.6) is 5.75 Å². The number of hydrogen-bond donors (Lipinski definition) is 3. The van der Waals surface area contributed by atoms with Crippen molar-refractivity contribution in [2.24, 2.45) is 12.8 Å². The summed E-state index contributed by atoms with van der Waals surface area (Å²) >= 11 is 0. The van der Waals surface area contributed by atoms with E-state index in [1.54, 1.807) is 12.4 Å². The van der Waals surface area contributed by atoms with Crippen molar-refractivity contribution in [1.82, 2.24) is 9.55 Å². The van der Waals surface area contributed by atoms with Crippen molar-refractivity contribution in [1.29, 1.82) is 0 Å². The molecule has 0 spiro atoms. The van der Waals surface area contributed by atoms with Gasteiger partial charge in [-0.2, -0.15) is 0 Å². The van der Waals surface area contributed by atoms with E-state index >= 15 is 0 Å². The number of benzene rings is 1. The number of aldehydes is 1. The number of nitrogen functional groups attached to an aromatic ring is 1. The third kappa shape index (κ3) is 6.08. The fourth-order valence-corrected chi connectivity index (χ4v) is 1.62. The molecule has 8 nitrogen and oxygen atoms in total. The van der Waals surface area contributed by atoms with Crippen LogP contribution >= 0.6 is 0 Å². The second-order valence-electron chi connectivity index (χ2n) is 4.59. The maximum absolute atomic E-state index is 10.8. The first kappa shape index (κ1) is 18.0. The molecule has 0 bridgehead atoms. The van der Waals surface area contributed by atoms with Crippen molar-refractivity contribution in [3.05, 3.63) is 36.3 Å². The third-order valence-electron chi connectivity index (χ3n) is 2.75. The summed E-state index contributed by atoms with van der Waals surface area (Å²) in [7, 11) is 3.79. The summed E-state index contributed by atoms with van der Waals surface area (Å²) in [5.41, 5.74) is 11.2. The Morgan fingerprint density at radius 2 is 2.22 bits per heavy atom. The van der Waals surface area contributed by atoms with Crippen LogP contribution in [0.25, 0.3) is 0 Å². The maximum atomic E-state index is 10.8. The lowest BCUT2D eigenvalue weighted by Gasteiger charge is -2.06. The highest BCUT2D eigenvalue weighted by molar-refractivity contribution is 5.98. The van der Waals surface area contributed by atoms with Gasteiger partial charge in [-0.1, -0.05) is 0 Å². The molecular formula is C15H21N5O3. The number of nitrogens with one attached hydrogen (secondary N) is 1. The number of primary amides is 1. The van der Waals surface area contributed by atoms with Gasteiger partial charge in [-0.25, -0.2) is 4.98 Å². The van der Waals surface area contributed by atoms with Crippen LogP contribution in [0.3, 0.4) is 0 Å². The number of carbonyl (C=O) groups excluding carboxylic acids is 2. The van der Waals surface area contributed by atoms with E-state index in [2.05, 4.69) is 10.3 Å². The SMILES string of the molecule is CNc1cn(C)cn1.NC(=O)c1ccc(OCCC=O)cc1N. The number of aromatic nitrogens is 2. The highest BCUT2D eigenvalue weighted by atomic mass is 16.5. The first-order chi connectivity index (χ1) is 11.0. The molecule has 0 atom stereocenters. The average molecular weight is 319 g/mol. The largest absolute Gasteiger partial charge is 0.493 e. The lowest BCUT2D eigenvalue weighted by atomic mass is 10.1. The summed E-state index contributed by atoms with van der Waals surface area (Å²) in [6.07, 6.45) is 4.75. The van der Waals surface area contributed by atoms with Crippen LogP contribution in [-0.4, -0.2) is 35.4 Å². The number of hydrogen-bond acceptors (Lipinski definition) is 6. The third-order valence-corrected chi connectivity index (χ3v) is 2.75. The van der Waals surface area contributed by atoms with Crippen LogP contribution < -0.4 is 21.5 Å². The highest BCUT2D eigenvalue weighted by Crippen LogP contribution is 2.19. The topological polar surface area (TPSA) is 125 Å². The minimum atomic E-state index is -0.577. The van der Waals surface area contributed by atoms with Gasteiger partial charge in [0.1, 0.15) is 17.9 Å². The fraction of sp³-hybridized carbons (Fsp3) is 0.267. The van der Waals surface area contributed by atoms with Gasteiger partial charge >= 0.3 is 0 Å². The molecule has 0 aliphatic rings. The highest BCUT2D eigenvalue weighted by Gasteiger charge is 2.06. The van der Waals surface area contributed by atoms with E-state index in [1.807, 2.05) is 24.9 Å². The molecule has 0 unspecified atom stereocenters. The number of anilines is 2. The Hall–Kier alpha value is -3.03. The van der Waals surface area contributed by atoms with Crippen LogP contribution in [0.2, 0.25) is 0 Å². The molecule has 0 aliphatic heterocycles. The number of imidazole rings is 1. The van der Waals surface area contributed by atoms with E-state index < -0.39 is 5.91 Å². The molecule has 2 rings (SSSR count). The van der Waals surface area contributed by atoms with E-state index in [1.165, 1.54) is 12.1 Å². The van der Waals surface area contributed by atoms with Crippen molar-refractivity contribution >= 4 is 23.7 Å². The van der Waals surface area contributed by atoms with Crippen LogP contribution in [0.4, 0.5) is 11.5 Å². The number of ether oxygens (including phenoxy) is 1. The smallest absolute Gasteiger partial charge is 0.250 e. The summed E-state index contributed by atoms with van der Waals surface area (Å²) < 4.78 is 7.09. The van der Waals surface area contributed by atoms with Crippen molar-refractivity contribution < 1.29 is 14.3 Å². The van der Waals surface area contributed by atoms with Crippen LogP contribution in [0, 0.1) is 0 Å². The van der Waals surface area contributed by atoms with Gasteiger partial charge in [-0.3, -0.25) is 4.79 Å². The fourth-order valence-electron chi connectivity index (χ4n) is 1.62. The second-order valence-corrected chi connectivity index (χ2v) is 4.59. The normalized spacial score (nSPS) is 9.48. The summed E-state index contributed by atoms with van der Waals surface area (Å²) in [4.78, 5) is 24.9. The molecule has 1 amide bonds. The molecule has 0 saturated carbocycles. The molecular weight excluding hydrogens is 298 g/mol. The Labute approximate surface area is 134 Å². The first-order valence-corrected chi connectivity index (χ1v) is 6.89. The Balaban J connectivity index is 0.000000277. The number of amides is 1. The van der Waals surface area contributed by atoms with E-state index in [9.17, 15) is 9.59 Å². The number of nitrogens with two attached hydrogens (primary N) is 2.